The first-order valence-corrected chi connectivity index (χ1v) is 21.0. The highest BCUT2D eigenvalue weighted by Gasteiger charge is 2.19. The number of ether oxygens (including phenoxy) is 3. The molecule has 0 saturated heterocycles. The Morgan fingerprint density at radius 3 is 0.833 bits per heavy atom. The average molecular weight is 681 g/mol. The third kappa shape index (κ3) is 35.7. The van der Waals surface area contributed by atoms with Crippen molar-refractivity contribution in [1.82, 2.24) is 0 Å². The molecule has 0 rings (SSSR count). The van der Waals surface area contributed by atoms with Crippen LogP contribution in [0.5, 0.6) is 0 Å². The molecular weight excluding hydrogens is 600 g/mol. The van der Waals surface area contributed by atoms with E-state index in [0.717, 1.165) is 57.8 Å². The lowest BCUT2D eigenvalue weighted by atomic mass is 10.0. The predicted octanol–water partition coefficient (Wildman–Crippen LogP) is 12.9. The van der Waals surface area contributed by atoms with Crippen LogP contribution in [0.4, 0.5) is 0 Å². The standard InChI is InChI=1S/C42H80O6/c1-4-7-10-13-16-18-20-22-23-26-29-32-35-41(44)47-38-39(37-46-40(43)34-31-28-25-15-12-9-6-3)48-42(45)36-33-30-27-24-21-19-17-14-11-8-5-2/h39H,4-38H2,1-3H3. The van der Waals surface area contributed by atoms with E-state index in [4.69, 9.17) is 14.2 Å². The van der Waals surface area contributed by atoms with Crippen molar-refractivity contribution in [1.29, 1.82) is 0 Å². The first-order valence-electron chi connectivity index (χ1n) is 21.0. The first-order chi connectivity index (χ1) is 23.5. The minimum atomic E-state index is -0.755. The summed E-state index contributed by atoms with van der Waals surface area (Å²) in [4.78, 5) is 37.4. The molecule has 0 bridgehead atoms. The van der Waals surface area contributed by atoms with Crippen molar-refractivity contribution >= 4 is 17.9 Å². The highest BCUT2D eigenvalue weighted by molar-refractivity contribution is 5.71. The minimum absolute atomic E-state index is 0.0637. The molecule has 0 aromatic rings. The second-order valence-electron chi connectivity index (χ2n) is 14.3. The lowest BCUT2D eigenvalue weighted by Crippen LogP contribution is -2.30. The molecule has 0 heterocycles. The maximum absolute atomic E-state index is 12.6. The molecule has 1 unspecified atom stereocenters. The SMILES string of the molecule is CCCCCCCCCCCCCCC(=O)OCC(COC(=O)CCCCCCCCC)OC(=O)CCCCCCCCCCCCC. The summed E-state index contributed by atoms with van der Waals surface area (Å²) in [6.07, 6.45) is 36.6. The van der Waals surface area contributed by atoms with Crippen LogP contribution in [0.1, 0.15) is 233 Å². The van der Waals surface area contributed by atoms with Gasteiger partial charge in [-0.2, -0.15) is 0 Å². The predicted molar refractivity (Wildman–Crippen MR) is 201 cm³/mol. The first kappa shape index (κ1) is 46.4. The molecule has 1 atom stereocenters. The summed E-state index contributed by atoms with van der Waals surface area (Å²) >= 11 is 0. The van der Waals surface area contributed by atoms with Gasteiger partial charge in [0.2, 0.25) is 0 Å². The minimum Gasteiger partial charge on any atom is -0.462 e. The second kappa shape index (κ2) is 38.2. The van der Waals surface area contributed by atoms with Crippen LogP contribution in [0.15, 0.2) is 0 Å². The number of carbonyl (C=O) groups is 3. The van der Waals surface area contributed by atoms with Crippen molar-refractivity contribution in [3.63, 3.8) is 0 Å². The maximum Gasteiger partial charge on any atom is 0.306 e. The van der Waals surface area contributed by atoms with Gasteiger partial charge in [0.15, 0.2) is 6.10 Å². The molecule has 0 aliphatic carbocycles. The van der Waals surface area contributed by atoms with Gasteiger partial charge in [-0.3, -0.25) is 14.4 Å². The number of hydrogen-bond donors (Lipinski definition) is 0. The van der Waals surface area contributed by atoms with Gasteiger partial charge in [-0.25, -0.2) is 0 Å². The van der Waals surface area contributed by atoms with Crippen LogP contribution in [0.25, 0.3) is 0 Å². The summed E-state index contributed by atoms with van der Waals surface area (Å²) in [6.45, 7) is 6.59. The van der Waals surface area contributed by atoms with Crippen molar-refractivity contribution in [3.8, 4) is 0 Å². The fourth-order valence-electron chi connectivity index (χ4n) is 6.15. The summed E-state index contributed by atoms with van der Waals surface area (Å²) in [5.41, 5.74) is 0. The summed E-state index contributed by atoms with van der Waals surface area (Å²) in [5.74, 6) is -0.864. The second-order valence-corrected chi connectivity index (χ2v) is 14.3. The molecule has 0 N–H and O–H groups in total. The molecule has 0 radical (unpaired) electrons. The zero-order valence-corrected chi connectivity index (χ0v) is 32.3. The summed E-state index contributed by atoms with van der Waals surface area (Å²) in [5, 5.41) is 0. The molecule has 6 nitrogen and oxygen atoms in total. The van der Waals surface area contributed by atoms with Crippen LogP contribution in [0.3, 0.4) is 0 Å². The maximum atomic E-state index is 12.6. The van der Waals surface area contributed by atoms with E-state index >= 15 is 0 Å². The number of carbonyl (C=O) groups excluding carboxylic acids is 3. The van der Waals surface area contributed by atoms with Gasteiger partial charge >= 0.3 is 17.9 Å². The fourth-order valence-corrected chi connectivity index (χ4v) is 6.15. The van der Waals surface area contributed by atoms with E-state index in [0.29, 0.717) is 19.3 Å². The highest BCUT2D eigenvalue weighted by Crippen LogP contribution is 2.15. The largest absolute Gasteiger partial charge is 0.462 e. The van der Waals surface area contributed by atoms with E-state index in [-0.39, 0.29) is 31.1 Å². The van der Waals surface area contributed by atoms with Gasteiger partial charge in [0.1, 0.15) is 13.2 Å². The Hall–Kier alpha value is -1.59. The molecule has 0 aromatic carbocycles. The van der Waals surface area contributed by atoms with Gasteiger partial charge in [0.25, 0.3) is 0 Å². The number of hydrogen-bond acceptors (Lipinski definition) is 6. The summed E-state index contributed by atoms with van der Waals surface area (Å²) < 4.78 is 16.6. The van der Waals surface area contributed by atoms with Crippen molar-refractivity contribution in [2.75, 3.05) is 13.2 Å². The Morgan fingerprint density at radius 2 is 0.562 bits per heavy atom. The summed E-state index contributed by atoms with van der Waals surface area (Å²) in [7, 11) is 0. The van der Waals surface area contributed by atoms with E-state index in [1.165, 1.54) is 135 Å². The smallest absolute Gasteiger partial charge is 0.306 e. The van der Waals surface area contributed by atoms with Gasteiger partial charge in [-0.15, -0.1) is 0 Å². The van der Waals surface area contributed by atoms with E-state index in [2.05, 4.69) is 20.8 Å². The number of esters is 3. The molecule has 284 valence electrons. The van der Waals surface area contributed by atoms with E-state index in [1.807, 2.05) is 0 Å². The number of rotatable bonds is 38. The Bertz CT molecular complexity index is 708. The van der Waals surface area contributed by atoms with Crippen LogP contribution in [0.2, 0.25) is 0 Å². The lowest BCUT2D eigenvalue weighted by Gasteiger charge is -2.18. The Labute approximate surface area is 298 Å². The van der Waals surface area contributed by atoms with Gasteiger partial charge in [-0.05, 0) is 19.3 Å². The molecule has 0 amide bonds. The fraction of sp³-hybridized carbons (Fsp3) is 0.929. The van der Waals surface area contributed by atoms with E-state index < -0.39 is 6.10 Å². The third-order valence-electron chi connectivity index (χ3n) is 9.36. The van der Waals surface area contributed by atoms with Crippen molar-refractivity contribution in [3.05, 3.63) is 0 Å². The molecule has 0 aromatic heterocycles. The highest BCUT2D eigenvalue weighted by atomic mass is 16.6. The quantitative estimate of drug-likeness (QED) is 0.0367. The Kier molecular flexibility index (Phi) is 36.9. The van der Waals surface area contributed by atoms with Crippen molar-refractivity contribution in [2.45, 2.75) is 239 Å². The van der Waals surface area contributed by atoms with Crippen LogP contribution < -0.4 is 0 Å². The Balaban J connectivity index is 4.29. The van der Waals surface area contributed by atoms with E-state index in [1.54, 1.807) is 0 Å². The van der Waals surface area contributed by atoms with Crippen LogP contribution in [-0.4, -0.2) is 37.2 Å². The van der Waals surface area contributed by atoms with Gasteiger partial charge in [0.05, 0.1) is 0 Å². The Morgan fingerprint density at radius 1 is 0.333 bits per heavy atom. The third-order valence-corrected chi connectivity index (χ3v) is 9.36. The van der Waals surface area contributed by atoms with Gasteiger partial charge in [0, 0.05) is 19.3 Å². The molecule has 0 spiro atoms. The normalized spacial score (nSPS) is 11.8. The lowest BCUT2D eigenvalue weighted by molar-refractivity contribution is -0.167. The van der Waals surface area contributed by atoms with Crippen molar-refractivity contribution < 1.29 is 28.6 Å². The molecule has 48 heavy (non-hydrogen) atoms. The van der Waals surface area contributed by atoms with Gasteiger partial charge in [-0.1, -0.05) is 194 Å². The summed E-state index contributed by atoms with van der Waals surface area (Å²) in [6, 6.07) is 0. The van der Waals surface area contributed by atoms with E-state index in [9.17, 15) is 14.4 Å². The molecule has 6 heteroatoms. The molecule has 0 aliphatic rings. The van der Waals surface area contributed by atoms with Gasteiger partial charge < -0.3 is 14.2 Å². The topological polar surface area (TPSA) is 78.9 Å². The number of unbranched alkanes of at least 4 members (excludes halogenated alkanes) is 27. The monoisotopic (exact) mass is 681 g/mol. The molecule has 0 aliphatic heterocycles. The molecule has 0 fully saturated rings. The molecule has 0 saturated carbocycles. The van der Waals surface area contributed by atoms with Crippen molar-refractivity contribution in [2.24, 2.45) is 0 Å². The zero-order chi connectivity index (χ0) is 35.2. The zero-order valence-electron chi connectivity index (χ0n) is 32.3. The van der Waals surface area contributed by atoms with Crippen LogP contribution >= 0.6 is 0 Å². The average Bonchev–Trinajstić information content (AvgIpc) is 3.08. The van der Waals surface area contributed by atoms with Crippen LogP contribution in [-0.2, 0) is 28.6 Å². The van der Waals surface area contributed by atoms with Crippen LogP contribution in [0, 0.1) is 0 Å². The molecular formula is C42H80O6.